The zero-order valence-corrected chi connectivity index (χ0v) is 18.2. The van der Waals surface area contributed by atoms with Gasteiger partial charge in [0.2, 0.25) is 0 Å². The molecule has 3 aromatic carbocycles. The third kappa shape index (κ3) is 6.65. The molecule has 0 saturated carbocycles. The highest BCUT2D eigenvalue weighted by molar-refractivity contribution is 7.92. The van der Waals surface area contributed by atoms with Crippen LogP contribution in [0.1, 0.15) is 15.9 Å². The van der Waals surface area contributed by atoms with Gasteiger partial charge in [0.05, 0.1) is 12.0 Å². The monoisotopic (exact) mass is 469 g/mol. The van der Waals surface area contributed by atoms with Gasteiger partial charge in [-0.15, -0.1) is 0 Å². The molecule has 0 saturated heterocycles. The van der Waals surface area contributed by atoms with Crippen LogP contribution in [0.25, 0.3) is 6.08 Å². The minimum Gasteiger partial charge on any atom is -0.497 e. The molecule has 3 N–H and O–H groups in total. The van der Waals surface area contributed by atoms with Crippen molar-refractivity contribution in [3.05, 3.63) is 95.8 Å². The maximum absolute atomic E-state index is 13.2. The molecular formula is C23H20FN3O5S. The lowest BCUT2D eigenvalue weighted by molar-refractivity contribution is -0.117. The summed E-state index contributed by atoms with van der Waals surface area (Å²) in [6.45, 7) is 0. The van der Waals surface area contributed by atoms with Crippen molar-refractivity contribution in [2.75, 3.05) is 11.8 Å². The first-order valence-corrected chi connectivity index (χ1v) is 11.1. The number of methoxy groups -OCH3 is 1. The van der Waals surface area contributed by atoms with Gasteiger partial charge < -0.3 is 4.74 Å². The number of hydrazine groups is 1. The largest absolute Gasteiger partial charge is 0.497 e. The van der Waals surface area contributed by atoms with Crippen molar-refractivity contribution in [3.8, 4) is 5.75 Å². The van der Waals surface area contributed by atoms with Crippen LogP contribution in [0.3, 0.4) is 0 Å². The van der Waals surface area contributed by atoms with E-state index >= 15 is 0 Å². The number of benzene rings is 3. The fourth-order valence-corrected chi connectivity index (χ4v) is 3.80. The Hall–Kier alpha value is -4.18. The van der Waals surface area contributed by atoms with Crippen LogP contribution in [0.4, 0.5) is 10.1 Å². The second-order valence-corrected chi connectivity index (χ2v) is 8.38. The van der Waals surface area contributed by atoms with Crippen molar-refractivity contribution in [2.24, 2.45) is 0 Å². The topological polar surface area (TPSA) is 114 Å². The highest BCUT2D eigenvalue weighted by Crippen LogP contribution is 2.20. The molecule has 3 rings (SSSR count). The summed E-state index contributed by atoms with van der Waals surface area (Å²) < 4.78 is 45.9. The number of amides is 2. The number of sulfonamides is 1. The number of nitrogens with one attached hydrogen (secondary N) is 3. The molecule has 0 spiro atoms. The molecule has 0 aliphatic carbocycles. The minimum absolute atomic E-state index is 0.0158. The number of hydrogen-bond donors (Lipinski definition) is 3. The lowest BCUT2D eigenvalue weighted by Crippen LogP contribution is -2.40. The fourth-order valence-electron chi connectivity index (χ4n) is 2.69. The van der Waals surface area contributed by atoms with Crippen LogP contribution in [0.5, 0.6) is 5.75 Å². The number of anilines is 1. The van der Waals surface area contributed by atoms with E-state index < -0.39 is 27.7 Å². The van der Waals surface area contributed by atoms with Gasteiger partial charge >= 0.3 is 0 Å². The lowest BCUT2D eigenvalue weighted by Gasteiger charge is -2.10. The van der Waals surface area contributed by atoms with Gasteiger partial charge in [-0.3, -0.25) is 25.2 Å². The van der Waals surface area contributed by atoms with Crippen LogP contribution in [0, 0.1) is 5.82 Å². The van der Waals surface area contributed by atoms with E-state index in [9.17, 15) is 22.4 Å². The van der Waals surface area contributed by atoms with Crippen LogP contribution in [-0.2, 0) is 14.8 Å². The van der Waals surface area contributed by atoms with Crippen molar-refractivity contribution in [2.45, 2.75) is 4.90 Å². The van der Waals surface area contributed by atoms with Gasteiger partial charge in [-0.25, -0.2) is 12.8 Å². The van der Waals surface area contributed by atoms with Crippen molar-refractivity contribution >= 4 is 33.6 Å². The van der Waals surface area contributed by atoms with Crippen molar-refractivity contribution in [1.29, 1.82) is 0 Å². The molecule has 0 radical (unpaired) electrons. The lowest BCUT2D eigenvalue weighted by atomic mass is 10.2. The predicted octanol–water partition coefficient (Wildman–Crippen LogP) is 3.11. The molecule has 33 heavy (non-hydrogen) atoms. The maximum Gasteiger partial charge on any atom is 0.269 e. The molecule has 8 nitrogen and oxygen atoms in total. The van der Waals surface area contributed by atoms with E-state index in [1.165, 1.54) is 55.7 Å². The van der Waals surface area contributed by atoms with Crippen LogP contribution in [0.15, 0.2) is 83.8 Å². The first-order chi connectivity index (χ1) is 15.8. The Morgan fingerprint density at radius 3 is 2.36 bits per heavy atom. The number of rotatable bonds is 7. The average molecular weight is 469 g/mol. The molecule has 170 valence electrons. The maximum atomic E-state index is 13.2. The summed E-state index contributed by atoms with van der Waals surface area (Å²) in [5.41, 5.74) is 5.18. The van der Waals surface area contributed by atoms with Crippen molar-refractivity contribution < 1.29 is 27.1 Å². The Kier molecular flexibility index (Phi) is 7.42. The molecule has 2 amide bonds. The number of hydrogen-bond acceptors (Lipinski definition) is 5. The first kappa shape index (κ1) is 23.5. The Balaban J connectivity index is 1.63. The second-order valence-electron chi connectivity index (χ2n) is 6.69. The van der Waals surface area contributed by atoms with Gasteiger partial charge in [-0.05, 0) is 66.2 Å². The number of carbonyl (C=O) groups is 2. The highest BCUT2D eigenvalue weighted by atomic mass is 32.2. The number of ether oxygens (including phenoxy) is 1. The molecule has 0 aliphatic heterocycles. The van der Waals surface area contributed by atoms with Gasteiger partial charge in [0, 0.05) is 17.3 Å². The van der Waals surface area contributed by atoms with Crippen molar-refractivity contribution in [3.63, 3.8) is 0 Å². The summed E-state index contributed by atoms with van der Waals surface area (Å²) in [4.78, 5) is 24.1. The molecular weight excluding hydrogens is 449 g/mol. The molecule has 0 heterocycles. The van der Waals surface area contributed by atoms with Crippen LogP contribution < -0.4 is 20.3 Å². The summed E-state index contributed by atoms with van der Waals surface area (Å²) in [6, 6.07) is 17.2. The number of halogens is 1. The Morgan fingerprint density at radius 1 is 0.939 bits per heavy atom. The smallest absolute Gasteiger partial charge is 0.269 e. The average Bonchev–Trinajstić information content (AvgIpc) is 2.81. The molecule has 0 aliphatic rings. The molecule has 0 atom stereocenters. The van der Waals surface area contributed by atoms with E-state index in [0.29, 0.717) is 17.0 Å². The standard InChI is InChI=1S/C23H20FN3O5S/c1-32-20-11-9-19(10-12-20)27-33(30,31)21-7-3-5-17(15-21)23(29)26-25-22(28)13-8-16-4-2-6-18(24)14-16/h2-15,27H,1H3,(H,25,28)(H,26,29)/b13-8+. The Bertz CT molecular complexity index is 1290. The summed E-state index contributed by atoms with van der Waals surface area (Å²) >= 11 is 0. The zero-order valence-electron chi connectivity index (χ0n) is 17.4. The Labute approximate surface area is 190 Å². The predicted molar refractivity (Wildman–Crippen MR) is 121 cm³/mol. The van der Waals surface area contributed by atoms with Gasteiger partial charge in [-0.2, -0.15) is 0 Å². The summed E-state index contributed by atoms with van der Waals surface area (Å²) in [5.74, 6) is -1.24. The number of carbonyl (C=O) groups excluding carboxylic acids is 2. The molecule has 0 fully saturated rings. The molecule has 0 unspecified atom stereocenters. The molecule has 0 bridgehead atoms. The third-order valence-electron chi connectivity index (χ3n) is 4.32. The first-order valence-electron chi connectivity index (χ1n) is 9.58. The fraction of sp³-hybridized carbons (Fsp3) is 0.0435. The van der Waals surface area contributed by atoms with E-state index in [2.05, 4.69) is 15.6 Å². The Morgan fingerprint density at radius 2 is 1.67 bits per heavy atom. The van der Waals surface area contributed by atoms with E-state index in [1.807, 2.05) is 0 Å². The zero-order chi connectivity index (χ0) is 23.8. The summed E-state index contributed by atoms with van der Waals surface area (Å²) in [5, 5.41) is 0. The summed E-state index contributed by atoms with van der Waals surface area (Å²) in [6.07, 6.45) is 2.50. The summed E-state index contributed by atoms with van der Waals surface area (Å²) in [7, 11) is -2.46. The van der Waals surface area contributed by atoms with Gasteiger partial charge in [0.1, 0.15) is 11.6 Å². The SMILES string of the molecule is COc1ccc(NS(=O)(=O)c2cccc(C(=O)NNC(=O)/C=C/c3cccc(F)c3)c2)cc1. The van der Waals surface area contributed by atoms with Gasteiger partial charge in [-0.1, -0.05) is 18.2 Å². The van der Waals surface area contributed by atoms with E-state index in [1.54, 1.807) is 30.3 Å². The quantitative estimate of drug-likeness (QED) is 0.364. The van der Waals surface area contributed by atoms with Crippen LogP contribution in [-0.4, -0.2) is 27.3 Å². The molecule has 3 aromatic rings. The van der Waals surface area contributed by atoms with Crippen LogP contribution >= 0.6 is 0 Å². The molecule has 10 heteroatoms. The van der Waals surface area contributed by atoms with E-state index in [4.69, 9.17) is 4.74 Å². The molecule has 0 aromatic heterocycles. The van der Waals surface area contributed by atoms with E-state index in [0.717, 1.165) is 6.08 Å². The van der Waals surface area contributed by atoms with E-state index in [-0.39, 0.29) is 10.5 Å². The minimum atomic E-state index is -3.96. The normalized spacial score (nSPS) is 11.1. The third-order valence-corrected chi connectivity index (χ3v) is 5.70. The van der Waals surface area contributed by atoms with Gasteiger partial charge in [0.15, 0.2) is 0 Å². The van der Waals surface area contributed by atoms with Crippen molar-refractivity contribution in [1.82, 2.24) is 10.9 Å². The highest BCUT2D eigenvalue weighted by Gasteiger charge is 2.17. The van der Waals surface area contributed by atoms with Gasteiger partial charge in [0.25, 0.3) is 21.8 Å². The second kappa shape index (κ2) is 10.4. The van der Waals surface area contributed by atoms with Crippen LogP contribution in [0.2, 0.25) is 0 Å².